The van der Waals surface area contributed by atoms with Crippen LogP contribution in [0.25, 0.3) is 0 Å². The molecule has 1 aromatic carbocycles. The molecule has 1 aliphatic rings. The summed E-state index contributed by atoms with van der Waals surface area (Å²) in [6, 6.07) is 3.29. The first-order valence-electron chi connectivity index (χ1n) is 5.75. The van der Waals surface area contributed by atoms with Crippen LogP contribution in [0.4, 0.5) is 4.39 Å². The molecule has 1 fully saturated rings. The van der Waals surface area contributed by atoms with Crippen molar-refractivity contribution in [2.45, 2.75) is 31.2 Å². The Bertz CT molecular complexity index is 506. The Morgan fingerprint density at radius 2 is 2.11 bits per heavy atom. The zero-order valence-corrected chi connectivity index (χ0v) is 11.6. The molecule has 2 rings (SSSR count). The van der Waals surface area contributed by atoms with Gasteiger partial charge in [-0.2, -0.15) is 4.99 Å². The van der Waals surface area contributed by atoms with Gasteiger partial charge in [0, 0.05) is 0 Å². The van der Waals surface area contributed by atoms with Gasteiger partial charge in [-0.05, 0) is 46.5 Å². The molecule has 0 amide bonds. The number of methoxy groups -OCH3 is 1. The first kappa shape index (κ1) is 13.2. The summed E-state index contributed by atoms with van der Waals surface area (Å²) in [5.41, 5.74) is 0.235. The Morgan fingerprint density at radius 3 is 2.67 bits per heavy atom. The van der Waals surface area contributed by atoms with Crippen LogP contribution in [0, 0.1) is 5.82 Å². The van der Waals surface area contributed by atoms with Crippen molar-refractivity contribution in [3.05, 3.63) is 28.0 Å². The van der Waals surface area contributed by atoms with E-state index < -0.39 is 11.4 Å². The fraction of sp³-hybridized carbons (Fsp3) is 0.462. The quantitative estimate of drug-likeness (QED) is 0.630. The zero-order valence-electron chi connectivity index (χ0n) is 10.0. The van der Waals surface area contributed by atoms with Crippen molar-refractivity contribution >= 4 is 22.0 Å². The number of nitrogens with zero attached hydrogens (tertiary/aromatic N) is 1. The van der Waals surface area contributed by atoms with Crippen molar-refractivity contribution < 1.29 is 13.9 Å². The number of hydrogen-bond donors (Lipinski definition) is 0. The van der Waals surface area contributed by atoms with Crippen LogP contribution < -0.4 is 4.74 Å². The summed E-state index contributed by atoms with van der Waals surface area (Å²) in [6.07, 6.45) is 5.21. The summed E-state index contributed by atoms with van der Waals surface area (Å²) < 4.78 is 19.0. The van der Waals surface area contributed by atoms with Gasteiger partial charge in [0.1, 0.15) is 0 Å². The van der Waals surface area contributed by atoms with Gasteiger partial charge < -0.3 is 4.74 Å². The number of rotatable bonds is 3. The van der Waals surface area contributed by atoms with Gasteiger partial charge in [-0.3, -0.25) is 0 Å². The summed E-state index contributed by atoms with van der Waals surface area (Å²) in [5, 5.41) is 0. The van der Waals surface area contributed by atoms with Gasteiger partial charge in [-0.25, -0.2) is 9.18 Å². The molecule has 3 nitrogen and oxygen atoms in total. The summed E-state index contributed by atoms with van der Waals surface area (Å²) in [4.78, 5) is 14.6. The molecule has 0 aliphatic heterocycles. The van der Waals surface area contributed by atoms with Crippen molar-refractivity contribution in [3.63, 3.8) is 0 Å². The third-order valence-corrected chi connectivity index (χ3v) is 4.02. The fourth-order valence-electron chi connectivity index (χ4n) is 2.49. The number of hydrogen-bond acceptors (Lipinski definition) is 3. The van der Waals surface area contributed by atoms with Gasteiger partial charge in [0.25, 0.3) is 0 Å². The highest BCUT2D eigenvalue weighted by Gasteiger charge is 2.36. The molecule has 0 unspecified atom stereocenters. The lowest BCUT2D eigenvalue weighted by atomic mass is 9.89. The summed E-state index contributed by atoms with van der Waals surface area (Å²) >= 11 is 3.16. The molecule has 0 N–H and O–H groups in total. The van der Waals surface area contributed by atoms with Crippen molar-refractivity contribution in [2.75, 3.05) is 7.11 Å². The van der Waals surface area contributed by atoms with E-state index in [0.717, 1.165) is 31.2 Å². The Hall–Kier alpha value is -1.19. The molecular weight excluding hydrogens is 301 g/mol. The fourth-order valence-corrected chi connectivity index (χ4v) is 2.94. The molecule has 0 bridgehead atoms. The van der Waals surface area contributed by atoms with Crippen LogP contribution in [0.15, 0.2) is 21.6 Å². The standard InChI is InChI=1S/C13H13BrFNO2/c1-18-11-7-9(6-10(14)12(11)15)13(16-8-17)4-2-3-5-13/h6-7H,2-5H2,1H3. The van der Waals surface area contributed by atoms with E-state index in [4.69, 9.17) is 4.74 Å². The minimum Gasteiger partial charge on any atom is -0.494 e. The van der Waals surface area contributed by atoms with E-state index in [-0.39, 0.29) is 5.75 Å². The largest absolute Gasteiger partial charge is 0.494 e. The highest BCUT2D eigenvalue weighted by Crippen LogP contribution is 2.44. The first-order valence-corrected chi connectivity index (χ1v) is 6.55. The predicted molar refractivity (Wildman–Crippen MR) is 68.9 cm³/mol. The van der Waals surface area contributed by atoms with Gasteiger partial charge >= 0.3 is 0 Å². The second kappa shape index (κ2) is 5.21. The van der Waals surface area contributed by atoms with E-state index >= 15 is 0 Å². The third kappa shape index (κ3) is 2.20. The van der Waals surface area contributed by atoms with Crippen LogP contribution in [0.2, 0.25) is 0 Å². The number of halogens is 2. The topological polar surface area (TPSA) is 38.7 Å². The smallest absolute Gasteiger partial charge is 0.235 e. The van der Waals surface area contributed by atoms with Crippen molar-refractivity contribution in [1.29, 1.82) is 0 Å². The Kier molecular flexibility index (Phi) is 3.83. The molecule has 0 aromatic heterocycles. The lowest BCUT2D eigenvalue weighted by molar-refractivity contribution is 0.380. The Labute approximate surface area is 113 Å². The lowest BCUT2D eigenvalue weighted by Crippen LogP contribution is -2.19. The molecule has 0 heterocycles. The van der Waals surface area contributed by atoms with Crippen molar-refractivity contribution in [1.82, 2.24) is 0 Å². The van der Waals surface area contributed by atoms with Crippen LogP contribution in [0.1, 0.15) is 31.2 Å². The van der Waals surface area contributed by atoms with Crippen molar-refractivity contribution in [3.8, 4) is 5.75 Å². The van der Waals surface area contributed by atoms with Gasteiger partial charge in [-0.1, -0.05) is 12.8 Å². The summed E-state index contributed by atoms with van der Waals surface area (Å²) in [6.45, 7) is 0. The maximum atomic E-state index is 13.7. The van der Waals surface area contributed by atoms with E-state index in [9.17, 15) is 9.18 Å². The molecular formula is C13H13BrFNO2. The van der Waals surface area contributed by atoms with Crippen LogP contribution >= 0.6 is 15.9 Å². The number of benzene rings is 1. The number of carbonyl (C=O) groups excluding carboxylic acids is 1. The summed E-state index contributed by atoms with van der Waals surface area (Å²) in [5.74, 6) is -0.281. The van der Waals surface area contributed by atoms with Gasteiger partial charge in [0.2, 0.25) is 6.08 Å². The van der Waals surface area contributed by atoms with E-state index in [1.54, 1.807) is 18.2 Å². The van der Waals surface area contributed by atoms with Crippen LogP contribution in [0.5, 0.6) is 5.75 Å². The molecule has 1 saturated carbocycles. The number of isocyanates is 1. The van der Waals surface area contributed by atoms with Gasteiger partial charge in [-0.15, -0.1) is 0 Å². The third-order valence-electron chi connectivity index (χ3n) is 3.44. The molecule has 0 spiro atoms. The molecule has 96 valence electrons. The molecule has 0 saturated heterocycles. The minimum atomic E-state index is -0.564. The molecule has 1 aromatic rings. The van der Waals surface area contributed by atoms with Crippen LogP contribution in [0.3, 0.4) is 0 Å². The normalized spacial score (nSPS) is 17.3. The monoisotopic (exact) mass is 313 g/mol. The number of aliphatic imine (C=N–C) groups is 1. The maximum Gasteiger partial charge on any atom is 0.235 e. The minimum absolute atomic E-state index is 0.159. The van der Waals surface area contributed by atoms with E-state index in [0.29, 0.717) is 4.47 Å². The number of ether oxygens (including phenoxy) is 1. The zero-order chi connectivity index (χ0) is 13.2. The van der Waals surface area contributed by atoms with E-state index in [1.807, 2.05) is 0 Å². The van der Waals surface area contributed by atoms with Crippen LogP contribution in [-0.4, -0.2) is 13.2 Å². The Balaban J connectivity index is 2.55. The second-order valence-corrected chi connectivity index (χ2v) is 5.27. The molecule has 1 aliphatic carbocycles. The molecule has 0 atom stereocenters. The molecule has 18 heavy (non-hydrogen) atoms. The second-order valence-electron chi connectivity index (χ2n) is 4.42. The first-order chi connectivity index (χ1) is 8.63. The average molecular weight is 314 g/mol. The molecule has 0 radical (unpaired) electrons. The predicted octanol–water partition coefficient (Wildman–Crippen LogP) is 3.70. The van der Waals surface area contributed by atoms with Gasteiger partial charge in [0.15, 0.2) is 11.6 Å². The van der Waals surface area contributed by atoms with Crippen molar-refractivity contribution in [2.24, 2.45) is 4.99 Å². The average Bonchev–Trinajstić information content (AvgIpc) is 2.82. The maximum absolute atomic E-state index is 13.7. The van der Waals surface area contributed by atoms with E-state index in [2.05, 4.69) is 20.9 Å². The molecule has 5 heteroatoms. The SMILES string of the molecule is COc1cc(C2(N=C=O)CCCC2)cc(Br)c1F. The van der Waals surface area contributed by atoms with Crippen LogP contribution in [-0.2, 0) is 10.3 Å². The highest BCUT2D eigenvalue weighted by molar-refractivity contribution is 9.10. The Morgan fingerprint density at radius 1 is 1.44 bits per heavy atom. The highest BCUT2D eigenvalue weighted by atomic mass is 79.9. The van der Waals surface area contributed by atoms with Gasteiger partial charge in [0.05, 0.1) is 17.1 Å². The van der Waals surface area contributed by atoms with E-state index in [1.165, 1.54) is 7.11 Å². The lowest BCUT2D eigenvalue weighted by Gasteiger charge is -2.23. The summed E-state index contributed by atoms with van der Waals surface area (Å²) in [7, 11) is 1.42.